The van der Waals surface area contributed by atoms with Crippen molar-refractivity contribution in [3.63, 3.8) is 0 Å². The van der Waals surface area contributed by atoms with Crippen molar-refractivity contribution in [3.8, 4) is 0 Å². The van der Waals surface area contributed by atoms with Crippen molar-refractivity contribution in [1.29, 1.82) is 0 Å². The van der Waals surface area contributed by atoms with Crippen molar-refractivity contribution in [3.05, 3.63) is 35.9 Å². The molecule has 0 radical (unpaired) electrons. The highest BCUT2D eigenvalue weighted by molar-refractivity contribution is 5.88. The fourth-order valence-corrected chi connectivity index (χ4v) is 2.67. The third-order valence-electron chi connectivity index (χ3n) is 4.06. The number of rotatable bonds is 3. The molecule has 154 valence electrons. The first kappa shape index (κ1) is 23.1. The Morgan fingerprint density at radius 2 is 1.71 bits per heavy atom. The van der Waals surface area contributed by atoms with Crippen LogP contribution in [0.3, 0.4) is 0 Å². The van der Waals surface area contributed by atoms with E-state index in [1.165, 1.54) is 13.3 Å². The SMILES string of the molecule is CC(N)=O.O=C(NCc1ccccc1)NC1CCNC1=O.O=C1CCCCC1. The first-order valence-electron chi connectivity index (χ1n) is 9.52. The summed E-state index contributed by atoms with van der Waals surface area (Å²) in [6.07, 6.45) is 5.89. The van der Waals surface area contributed by atoms with E-state index < -0.39 is 6.04 Å². The monoisotopic (exact) mass is 390 g/mol. The van der Waals surface area contributed by atoms with Gasteiger partial charge in [-0.1, -0.05) is 36.8 Å². The molecule has 1 aliphatic carbocycles. The maximum Gasteiger partial charge on any atom is 0.315 e. The molecule has 3 rings (SSSR count). The van der Waals surface area contributed by atoms with E-state index in [1.807, 2.05) is 30.3 Å². The number of ketones is 1. The van der Waals surface area contributed by atoms with Crippen LogP contribution >= 0.6 is 0 Å². The van der Waals surface area contributed by atoms with Crippen molar-refractivity contribution in [2.24, 2.45) is 5.73 Å². The lowest BCUT2D eigenvalue weighted by atomic mass is 10.00. The summed E-state index contributed by atoms with van der Waals surface area (Å²) >= 11 is 0. The van der Waals surface area contributed by atoms with E-state index in [2.05, 4.69) is 21.7 Å². The molecule has 0 aromatic heterocycles. The first-order chi connectivity index (χ1) is 13.4. The van der Waals surface area contributed by atoms with Gasteiger partial charge in [-0.2, -0.15) is 0 Å². The lowest BCUT2D eigenvalue weighted by molar-refractivity contribution is -0.121. The zero-order valence-corrected chi connectivity index (χ0v) is 16.3. The summed E-state index contributed by atoms with van der Waals surface area (Å²) in [5.74, 6) is 0.0195. The second kappa shape index (κ2) is 13.3. The molecular formula is C20H30N4O4. The van der Waals surface area contributed by atoms with Crippen molar-refractivity contribution < 1.29 is 19.2 Å². The van der Waals surface area contributed by atoms with Crippen molar-refractivity contribution in [1.82, 2.24) is 16.0 Å². The molecule has 0 spiro atoms. The third kappa shape index (κ3) is 10.9. The summed E-state index contributed by atoms with van der Waals surface area (Å²) in [5.41, 5.74) is 5.50. The van der Waals surface area contributed by atoms with E-state index in [-0.39, 0.29) is 17.8 Å². The number of carbonyl (C=O) groups is 4. The van der Waals surface area contributed by atoms with Gasteiger partial charge in [0.2, 0.25) is 11.8 Å². The Hall–Kier alpha value is -2.90. The summed E-state index contributed by atoms with van der Waals surface area (Å²) in [7, 11) is 0. The topological polar surface area (TPSA) is 130 Å². The van der Waals surface area contributed by atoms with E-state index in [1.54, 1.807) is 0 Å². The summed E-state index contributed by atoms with van der Waals surface area (Å²) in [4.78, 5) is 42.4. The van der Waals surface area contributed by atoms with Crippen LogP contribution in [-0.2, 0) is 20.9 Å². The highest BCUT2D eigenvalue weighted by Gasteiger charge is 2.25. The molecule has 1 aliphatic heterocycles. The molecule has 1 saturated carbocycles. The Balaban J connectivity index is 0.000000293. The molecule has 1 unspecified atom stereocenters. The Kier molecular flexibility index (Phi) is 11.0. The number of amides is 4. The number of nitrogens with one attached hydrogen (secondary N) is 3. The quantitative estimate of drug-likeness (QED) is 0.621. The normalized spacial score (nSPS) is 17.8. The van der Waals surface area contributed by atoms with Crippen molar-refractivity contribution in [2.75, 3.05) is 6.54 Å². The molecule has 2 fully saturated rings. The number of hydrogen-bond acceptors (Lipinski definition) is 4. The van der Waals surface area contributed by atoms with Gasteiger partial charge in [-0.15, -0.1) is 0 Å². The van der Waals surface area contributed by atoms with Gasteiger partial charge in [-0.05, 0) is 24.8 Å². The van der Waals surface area contributed by atoms with Crippen LogP contribution in [-0.4, -0.2) is 36.2 Å². The standard InChI is InChI=1S/C12H15N3O2.C6H10O.C2H5NO/c16-11-10(6-7-13-11)15-12(17)14-8-9-4-2-1-3-5-9;7-6-4-2-1-3-5-6;1-2(3)4/h1-5,10H,6-8H2,(H,13,16)(H2,14,15,17);1-5H2;1H3,(H2,3,4). The Morgan fingerprint density at radius 3 is 2.18 bits per heavy atom. The fraction of sp³-hybridized carbons (Fsp3) is 0.500. The molecule has 8 nitrogen and oxygen atoms in total. The fourth-order valence-electron chi connectivity index (χ4n) is 2.67. The van der Waals surface area contributed by atoms with Gasteiger partial charge in [-0.25, -0.2) is 4.79 Å². The maximum absolute atomic E-state index is 11.5. The predicted octanol–water partition coefficient (Wildman–Crippen LogP) is 1.39. The molecule has 1 heterocycles. The lowest BCUT2D eigenvalue weighted by Crippen LogP contribution is -2.45. The van der Waals surface area contributed by atoms with E-state index in [9.17, 15) is 19.2 Å². The zero-order chi connectivity index (χ0) is 20.8. The number of carbonyl (C=O) groups excluding carboxylic acids is 4. The predicted molar refractivity (Wildman–Crippen MR) is 106 cm³/mol. The Labute approximate surface area is 165 Å². The third-order valence-corrected chi connectivity index (χ3v) is 4.06. The molecule has 8 heteroatoms. The van der Waals surface area contributed by atoms with Gasteiger partial charge in [0.05, 0.1) is 0 Å². The average molecular weight is 390 g/mol. The van der Waals surface area contributed by atoms with Crippen molar-refractivity contribution in [2.45, 2.75) is 58.0 Å². The van der Waals surface area contributed by atoms with Crippen LogP contribution in [0.5, 0.6) is 0 Å². The molecule has 0 bridgehead atoms. The van der Waals surface area contributed by atoms with Crippen LogP contribution in [0.4, 0.5) is 4.79 Å². The molecule has 2 aliphatic rings. The van der Waals surface area contributed by atoms with Gasteiger partial charge in [-0.3, -0.25) is 14.4 Å². The van der Waals surface area contributed by atoms with Gasteiger partial charge in [0, 0.05) is 32.9 Å². The van der Waals surface area contributed by atoms with Crippen LogP contribution in [0.15, 0.2) is 30.3 Å². The number of urea groups is 1. The minimum absolute atomic E-state index is 0.111. The molecule has 28 heavy (non-hydrogen) atoms. The average Bonchev–Trinajstić information content (AvgIpc) is 3.06. The van der Waals surface area contributed by atoms with Crippen LogP contribution < -0.4 is 21.7 Å². The van der Waals surface area contributed by atoms with E-state index in [0.717, 1.165) is 31.2 Å². The van der Waals surface area contributed by atoms with Gasteiger partial charge in [0.1, 0.15) is 11.8 Å². The highest BCUT2D eigenvalue weighted by Crippen LogP contribution is 2.12. The van der Waals surface area contributed by atoms with Crippen LogP contribution in [0.25, 0.3) is 0 Å². The molecule has 1 saturated heterocycles. The van der Waals surface area contributed by atoms with Gasteiger partial charge >= 0.3 is 6.03 Å². The Bertz CT molecular complexity index is 637. The van der Waals surface area contributed by atoms with Gasteiger partial charge in [0.25, 0.3) is 0 Å². The number of benzene rings is 1. The Morgan fingerprint density at radius 1 is 1.11 bits per heavy atom. The molecule has 1 aromatic rings. The molecule has 4 amide bonds. The number of nitrogens with two attached hydrogens (primary N) is 1. The smallest absolute Gasteiger partial charge is 0.315 e. The minimum atomic E-state index is -0.397. The second-order valence-electron chi connectivity index (χ2n) is 6.65. The maximum atomic E-state index is 11.5. The molecule has 1 atom stereocenters. The number of hydrogen-bond donors (Lipinski definition) is 4. The zero-order valence-electron chi connectivity index (χ0n) is 16.3. The number of primary amides is 1. The number of Topliss-reactive ketones (excluding diaryl/α,β-unsaturated/α-hetero) is 1. The molecular weight excluding hydrogens is 360 g/mol. The van der Waals surface area contributed by atoms with Crippen molar-refractivity contribution >= 4 is 23.6 Å². The highest BCUT2D eigenvalue weighted by atomic mass is 16.2. The van der Waals surface area contributed by atoms with E-state index in [4.69, 9.17) is 0 Å². The molecule has 5 N–H and O–H groups in total. The van der Waals surface area contributed by atoms with Crippen LogP contribution in [0.2, 0.25) is 0 Å². The van der Waals surface area contributed by atoms with E-state index >= 15 is 0 Å². The second-order valence-corrected chi connectivity index (χ2v) is 6.65. The van der Waals surface area contributed by atoms with Crippen LogP contribution in [0.1, 0.15) is 51.0 Å². The molecule has 1 aromatic carbocycles. The largest absolute Gasteiger partial charge is 0.370 e. The minimum Gasteiger partial charge on any atom is -0.370 e. The van der Waals surface area contributed by atoms with Crippen LogP contribution in [0, 0.1) is 0 Å². The summed E-state index contributed by atoms with van der Waals surface area (Å²) < 4.78 is 0. The van der Waals surface area contributed by atoms with Gasteiger partial charge < -0.3 is 21.7 Å². The summed E-state index contributed by atoms with van der Waals surface area (Å²) in [5, 5.41) is 8.02. The van der Waals surface area contributed by atoms with Gasteiger partial charge in [0.15, 0.2) is 0 Å². The van der Waals surface area contributed by atoms with E-state index in [0.29, 0.717) is 25.3 Å². The lowest BCUT2D eigenvalue weighted by Gasteiger charge is -2.11. The summed E-state index contributed by atoms with van der Waals surface area (Å²) in [6.45, 7) is 2.39. The first-order valence-corrected chi connectivity index (χ1v) is 9.52. The summed E-state index contributed by atoms with van der Waals surface area (Å²) in [6, 6.07) is 8.91.